The Morgan fingerprint density at radius 2 is 1.94 bits per heavy atom. The van der Waals surface area contributed by atoms with Gasteiger partial charge in [-0.1, -0.05) is 26.0 Å². The molecule has 1 aromatic rings. The van der Waals surface area contributed by atoms with Crippen LogP contribution in [0, 0.1) is 0 Å². The van der Waals surface area contributed by atoms with E-state index in [9.17, 15) is 4.79 Å². The lowest BCUT2D eigenvalue weighted by molar-refractivity contribution is 0.0698. The molecule has 4 nitrogen and oxygen atoms in total. The van der Waals surface area contributed by atoms with Gasteiger partial charge in [0.05, 0.1) is 5.56 Å². The van der Waals surface area contributed by atoms with Gasteiger partial charge >= 0.3 is 5.97 Å². The van der Waals surface area contributed by atoms with Gasteiger partial charge < -0.3 is 15.3 Å². The van der Waals surface area contributed by atoms with Crippen LogP contribution in [0.1, 0.15) is 24.2 Å². The van der Waals surface area contributed by atoms with Gasteiger partial charge in [0.1, 0.15) is 0 Å². The summed E-state index contributed by atoms with van der Waals surface area (Å²) in [7, 11) is 0. The van der Waals surface area contributed by atoms with Gasteiger partial charge in [-0.2, -0.15) is 0 Å². The average molecular weight is 236 g/mol. The molecule has 0 unspecified atom stereocenters. The number of carbonyl (C=O) groups is 1. The van der Waals surface area contributed by atoms with E-state index in [4.69, 9.17) is 5.11 Å². The highest BCUT2D eigenvalue weighted by Crippen LogP contribution is 2.14. The van der Waals surface area contributed by atoms with Crippen LogP contribution in [0.5, 0.6) is 0 Å². The predicted octanol–water partition coefficient (Wildman–Crippen LogP) is 2.14. The second-order valence-electron chi connectivity index (χ2n) is 3.80. The number of rotatable bonds is 7. The summed E-state index contributed by atoms with van der Waals surface area (Å²) in [6.07, 6.45) is 0. The molecule has 0 radical (unpaired) electrons. The number of benzene rings is 1. The fourth-order valence-corrected chi connectivity index (χ4v) is 1.71. The first-order chi connectivity index (χ1) is 8.19. The van der Waals surface area contributed by atoms with Crippen molar-refractivity contribution in [2.24, 2.45) is 0 Å². The van der Waals surface area contributed by atoms with Crippen LogP contribution in [0.2, 0.25) is 0 Å². The van der Waals surface area contributed by atoms with Crippen LogP contribution in [-0.4, -0.2) is 42.2 Å². The highest BCUT2D eigenvalue weighted by molar-refractivity contribution is 5.94. The van der Waals surface area contributed by atoms with Crippen molar-refractivity contribution in [2.45, 2.75) is 13.8 Å². The third kappa shape index (κ3) is 4.07. The number of aromatic carboxylic acids is 1. The molecule has 1 aromatic carbocycles. The van der Waals surface area contributed by atoms with Crippen molar-refractivity contribution in [3.05, 3.63) is 29.8 Å². The summed E-state index contributed by atoms with van der Waals surface area (Å²) in [4.78, 5) is 13.3. The Morgan fingerprint density at radius 3 is 2.53 bits per heavy atom. The summed E-state index contributed by atoms with van der Waals surface area (Å²) in [6, 6.07) is 6.99. The summed E-state index contributed by atoms with van der Waals surface area (Å²) >= 11 is 0. The topological polar surface area (TPSA) is 52.6 Å². The lowest BCUT2D eigenvalue weighted by Crippen LogP contribution is -2.28. The maximum atomic E-state index is 11.0. The normalized spacial score (nSPS) is 10.5. The molecule has 0 aromatic heterocycles. The summed E-state index contributed by atoms with van der Waals surface area (Å²) in [5.41, 5.74) is 1.01. The number of hydrogen-bond acceptors (Lipinski definition) is 3. The van der Waals surface area contributed by atoms with Crippen molar-refractivity contribution in [1.82, 2.24) is 4.90 Å². The van der Waals surface area contributed by atoms with Crippen LogP contribution in [0.25, 0.3) is 0 Å². The Hall–Kier alpha value is -1.55. The van der Waals surface area contributed by atoms with Crippen molar-refractivity contribution in [2.75, 3.05) is 31.5 Å². The van der Waals surface area contributed by atoms with Crippen LogP contribution in [-0.2, 0) is 0 Å². The minimum absolute atomic E-state index is 0.326. The highest BCUT2D eigenvalue weighted by Gasteiger charge is 2.08. The van der Waals surface area contributed by atoms with Crippen LogP contribution < -0.4 is 5.32 Å². The SMILES string of the molecule is CCN(CC)CCNc1ccccc1C(=O)O. The standard InChI is InChI=1S/C13H20N2O2/c1-3-15(4-2)10-9-14-12-8-6-5-7-11(12)13(16)17/h5-8,14H,3-4,9-10H2,1-2H3,(H,16,17). The first-order valence-electron chi connectivity index (χ1n) is 5.97. The zero-order valence-electron chi connectivity index (χ0n) is 10.4. The van der Waals surface area contributed by atoms with Gasteiger partial charge in [-0.15, -0.1) is 0 Å². The molecular weight excluding hydrogens is 216 g/mol. The number of likely N-dealkylation sites (N-methyl/N-ethyl adjacent to an activating group) is 1. The number of nitrogens with zero attached hydrogens (tertiary/aromatic N) is 1. The Morgan fingerprint density at radius 1 is 1.29 bits per heavy atom. The summed E-state index contributed by atoms with van der Waals surface area (Å²) in [5.74, 6) is -0.893. The van der Waals surface area contributed by atoms with Crippen LogP contribution in [0.3, 0.4) is 0 Å². The fraction of sp³-hybridized carbons (Fsp3) is 0.462. The summed E-state index contributed by atoms with van der Waals surface area (Å²) in [6.45, 7) is 7.94. The van der Waals surface area contributed by atoms with E-state index >= 15 is 0 Å². The van der Waals surface area contributed by atoms with Crippen molar-refractivity contribution >= 4 is 11.7 Å². The molecule has 17 heavy (non-hydrogen) atoms. The Balaban J connectivity index is 2.54. The van der Waals surface area contributed by atoms with Gasteiger partial charge in [-0.25, -0.2) is 4.79 Å². The molecule has 0 saturated heterocycles. The molecule has 0 amide bonds. The molecule has 94 valence electrons. The smallest absolute Gasteiger partial charge is 0.337 e. The third-order valence-corrected chi connectivity index (χ3v) is 2.80. The Labute approximate surface area is 102 Å². The molecule has 0 atom stereocenters. The molecule has 4 heteroatoms. The number of carboxylic acids is 1. The molecule has 1 rings (SSSR count). The second kappa shape index (κ2) is 6.91. The zero-order chi connectivity index (χ0) is 12.7. The number of nitrogens with one attached hydrogen (secondary N) is 1. The second-order valence-corrected chi connectivity index (χ2v) is 3.80. The van der Waals surface area contributed by atoms with Gasteiger partial charge in [0.2, 0.25) is 0 Å². The van der Waals surface area contributed by atoms with Gasteiger partial charge in [0.15, 0.2) is 0 Å². The third-order valence-electron chi connectivity index (χ3n) is 2.80. The van der Waals surface area contributed by atoms with Gasteiger partial charge in [0, 0.05) is 18.8 Å². The lowest BCUT2D eigenvalue weighted by Gasteiger charge is -2.18. The molecule has 0 aliphatic carbocycles. The molecule has 0 saturated carbocycles. The highest BCUT2D eigenvalue weighted by atomic mass is 16.4. The molecule has 2 N–H and O–H groups in total. The van der Waals surface area contributed by atoms with E-state index in [1.54, 1.807) is 18.2 Å². The van der Waals surface area contributed by atoms with E-state index in [-0.39, 0.29) is 0 Å². The Kier molecular flexibility index (Phi) is 5.49. The van der Waals surface area contributed by atoms with Crippen molar-refractivity contribution in [3.8, 4) is 0 Å². The Bertz CT molecular complexity index is 362. The van der Waals surface area contributed by atoms with E-state index in [0.29, 0.717) is 11.3 Å². The lowest BCUT2D eigenvalue weighted by atomic mass is 10.2. The van der Waals surface area contributed by atoms with E-state index in [1.165, 1.54) is 0 Å². The van der Waals surface area contributed by atoms with Crippen LogP contribution in [0.4, 0.5) is 5.69 Å². The molecular formula is C13H20N2O2. The minimum atomic E-state index is -0.893. The number of anilines is 1. The zero-order valence-corrected chi connectivity index (χ0v) is 10.4. The quantitative estimate of drug-likeness (QED) is 0.761. The van der Waals surface area contributed by atoms with Crippen LogP contribution in [0.15, 0.2) is 24.3 Å². The minimum Gasteiger partial charge on any atom is -0.478 e. The molecule has 0 bridgehead atoms. The summed E-state index contributed by atoms with van der Waals surface area (Å²) in [5, 5.41) is 12.2. The maximum Gasteiger partial charge on any atom is 0.337 e. The predicted molar refractivity (Wildman–Crippen MR) is 69.7 cm³/mol. The van der Waals surface area contributed by atoms with Crippen molar-refractivity contribution in [3.63, 3.8) is 0 Å². The molecule has 0 fully saturated rings. The monoisotopic (exact) mass is 236 g/mol. The molecule has 0 aliphatic heterocycles. The summed E-state index contributed by atoms with van der Waals surface area (Å²) < 4.78 is 0. The van der Waals surface area contributed by atoms with Crippen molar-refractivity contribution in [1.29, 1.82) is 0 Å². The number of para-hydroxylation sites is 1. The van der Waals surface area contributed by atoms with E-state index in [2.05, 4.69) is 24.1 Å². The molecule has 0 heterocycles. The largest absolute Gasteiger partial charge is 0.478 e. The van der Waals surface area contributed by atoms with E-state index in [0.717, 1.165) is 26.2 Å². The maximum absolute atomic E-state index is 11.0. The average Bonchev–Trinajstić information content (AvgIpc) is 2.35. The van der Waals surface area contributed by atoms with Gasteiger partial charge in [-0.05, 0) is 25.2 Å². The van der Waals surface area contributed by atoms with Gasteiger partial charge in [0.25, 0.3) is 0 Å². The first-order valence-corrected chi connectivity index (χ1v) is 5.97. The van der Waals surface area contributed by atoms with E-state index in [1.807, 2.05) is 6.07 Å². The molecule has 0 spiro atoms. The fourth-order valence-electron chi connectivity index (χ4n) is 1.71. The van der Waals surface area contributed by atoms with E-state index < -0.39 is 5.97 Å². The molecule has 0 aliphatic rings. The first kappa shape index (κ1) is 13.5. The number of carboxylic acid groups (broad SMARTS) is 1. The number of hydrogen-bond donors (Lipinski definition) is 2. The van der Waals surface area contributed by atoms with Gasteiger partial charge in [-0.3, -0.25) is 0 Å². The van der Waals surface area contributed by atoms with Crippen molar-refractivity contribution < 1.29 is 9.90 Å². The van der Waals surface area contributed by atoms with Crippen LogP contribution >= 0.6 is 0 Å².